The predicted octanol–water partition coefficient (Wildman–Crippen LogP) is 9.37. The smallest absolute Gasteiger partial charge is 0.238 e. The third-order valence-electron chi connectivity index (χ3n) is 11.3. The maximum Gasteiger partial charge on any atom is 0.238 e. The van der Waals surface area contributed by atoms with Gasteiger partial charge < -0.3 is 15.7 Å². The molecule has 3 aliphatic rings. The summed E-state index contributed by atoms with van der Waals surface area (Å²) in [5, 5.41) is 19.4. The standard InChI is InChI=1S/C43H46Cl2FN3O3/c1-41(2,3)24-33-43(30-20-19-27(44)21-32(30)48-40(43)52)34(29-17-12-18-31(45)35(29)46)37(39(51)47-28-22-42(4,5)23-28)49(33)36(25-13-8-6-9-14-25)38(50)26-15-10-7-11-16-26/h6-21,28,33-34,36-38,50H,22-24H2,1-5H3,(H,47,51)(H,48,52)/t33-,34+,36-,37-,38?,43+/m1/s1. The van der Waals surface area contributed by atoms with Crippen molar-refractivity contribution in [2.45, 2.75) is 95.5 Å². The number of hydrogen-bond acceptors (Lipinski definition) is 4. The van der Waals surface area contributed by atoms with Gasteiger partial charge in [0.05, 0.1) is 23.2 Å². The van der Waals surface area contributed by atoms with Gasteiger partial charge in [-0.3, -0.25) is 14.5 Å². The highest BCUT2D eigenvalue weighted by Gasteiger charge is 2.70. The lowest BCUT2D eigenvalue weighted by molar-refractivity contribution is -0.131. The Hall–Kier alpha value is -3.75. The SMILES string of the molecule is CC(C)(C)C[C@H]1N([C@H](c2ccccc2)C(O)c2ccccc2)[C@@H](C(=O)NC2CC(C)(C)C2)[C@H](c2cccc(Cl)c2F)[C@@]12C(=O)Nc1cc(Cl)ccc12. The van der Waals surface area contributed by atoms with Gasteiger partial charge in [-0.2, -0.15) is 0 Å². The minimum Gasteiger partial charge on any atom is -0.386 e. The van der Waals surface area contributed by atoms with Crippen LogP contribution >= 0.6 is 23.2 Å². The van der Waals surface area contributed by atoms with Gasteiger partial charge in [-0.25, -0.2) is 4.39 Å². The number of nitrogens with one attached hydrogen (secondary N) is 2. The van der Waals surface area contributed by atoms with Crippen LogP contribution in [0.15, 0.2) is 97.1 Å². The van der Waals surface area contributed by atoms with E-state index in [1.54, 1.807) is 24.3 Å². The van der Waals surface area contributed by atoms with Gasteiger partial charge in [0, 0.05) is 28.7 Å². The Balaban J connectivity index is 1.57. The number of hydrogen-bond donors (Lipinski definition) is 3. The number of fused-ring (bicyclic) bond motifs is 2. The summed E-state index contributed by atoms with van der Waals surface area (Å²) in [6, 6.07) is 26.3. The first kappa shape index (κ1) is 36.6. The van der Waals surface area contributed by atoms with Crippen molar-refractivity contribution >= 4 is 40.7 Å². The number of anilines is 1. The molecule has 52 heavy (non-hydrogen) atoms. The van der Waals surface area contributed by atoms with Crippen LogP contribution in [0.3, 0.4) is 0 Å². The molecule has 2 aliphatic heterocycles. The van der Waals surface area contributed by atoms with Crippen LogP contribution in [0.1, 0.15) is 94.2 Å². The quantitative estimate of drug-likeness (QED) is 0.168. The molecule has 3 N–H and O–H groups in total. The predicted molar refractivity (Wildman–Crippen MR) is 205 cm³/mol. The van der Waals surface area contributed by atoms with Crippen LogP contribution in [-0.4, -0.2) is 39.9 Å². The Morgan fingerprint density at radius 2 is 1.60 bits per heavy atom. The number of halogens is 3. The minimum absolute atomic E-state index is 0.0708. The van der Waals surface area contributed by atoms with Crippen molar-refractivity contribution in [3.8, 4) is 0 Å². The second-order valence-electron chi connectivity index (χ2n) is 16.8. The van der Waals surface area contributed by atoms with E-state index in [4.69, 9.17) is 23.2 Å². The summed E-state index contributed by atoms with van der Waals surface area (Å²) < 4.78 is 16.8. The molecule has 9 heteroatoms. The maximum atomic E-state index is 16.8. The largest absolute Gasteiger partial charge is 0.386 e. The zero-order valence-electron chi connectivity index (χ0n) is 30.2. The molecular formula is C43H46Cl2FN3O3. The number of amides is 2. The van der Waals surface area contributed by atoms with E-state index >= 15 is 14.0 Å². The van der Waals surface area contributed by atoms with E-state index in [1.807, 2.05) is 71.6 Å². The van der Waals surface area contributed by atoms with Gasteiger partial charge in [0.15, 0.2) is 0 Å². The molecule has 1 saturated carbocycles. The lowest BCUT2D eigenvalue weighted by atomic mass is 9.62. The molecule has 1 unspecified atom stereocenters. The van der Waals surface area contributed by atoms with E-state index in [-0.39, 0.29) is 39.3 Å². The molecule has 0 bridgehead atoms. The maximum absolute atomic E-state index is 16.8. The van der Waals surface area contributed by atoms with Crippen LogP contribution in [0.5, 0.6) is 0 Å². The zero-order valence-corrected chi connectivity index (χ0v) is 31.7. The third-order valence-corrected chi connectivity index (χ3v) is 11.8. The summed E-state index contributed by atoms with van der Waals surface area (Å²) in [6.45, 7) is 10.6. The Labute approximate surface area is 315 Å². The average Bonchev–Trinajstić information content (AvgIpc) is 3.52. The molecule has 2 fully saturated rings. The van der Waals surface area contributed by atoms with Crippen molar-refractivity contribution in [1.82, 2.24) is 10.2 Å². The van der Waals surface area contributed by atoms with Crippen molar-refractivity contribution in [1.29, 1.82) is 0 Å². The molecule has 6 nitrogen and oxygen atoms in total. The molecule has 4 aromatic carbocycles. The minimum atomic E-state index is -1.50. The van der Waals surface area contributed by atoms with Crippen molar-refractivity contribution in [3.05, 3.63) is 135 Å². The number of carbonyl (C=O) groups is 2. The van der Waals surface area contributed by atoms with E-state index in [0.29, 0.717) is 28.3 Å². The molecule has 6 atom stereocenters. The third kappa shape index (κ3) is 6.34. The molecule has 2 amide bonds. The highest BCUT2D eigenvalue weighted by Crippen LogP contribution is 2.63. The fraction of sp³-hybridized carbons (Fsp3) is 0.395. The Kier molecular flexibility index (Phi) is 9.56. The van der Waals surface area contributed by atoms with Crippen LogP contribution in [0.4, 0.5) is 10.1 Å². The highest BCUT2D eigenvalue weighted by atomic mass is 35.5. The number of rotatable bonds is 8. The molecule has 7 rings (SSSR count). The summed E-state index contributed by atoms with van der Waals surface area (Å²) in [7, 11) is 0. The Bertz CT molecular complexity index is 1980. The second-order valence-corrected chi connectivity index (χ2v) is 17.6. The molecular weight excluding hydrogens is 696 g/mol. The molecule has 272 valence electrons. The van der Waals surface area contributed by atoms with Gasteiger partial charge in [0.2, 0.25) is 11.8 Å². The van der Waals surface area contributed by atoms with E-state index in [9.17, 15) is 5.11 Å². The number of aliphatic hydroxyl groups is 1. The van der Waals surface area contributed by atoms with Gasteiger partial charge in [-0.05, 0) is 70.5 Å². The van der Waals surface area contributed by atoms with Gasteiger partial charge >= 0.3 is 0 Å². The first-order valence-electron chi connectivity index (χ1n) is 18.0. The number of carbonyl (C=O) groups excluding carboxylic acids is 2. The van der Waals surface area contributed by atoms with Crippen LogP contribution < -0.4 is 10.6 Å². The summed E-state index contributed by atoms with van der Waals surface area (Å²) in [6.07, 6.45) is 0.869. The number of likely N-dealkylation sites (tertiary alicyclic amines) is 1. The van der Waals surface area contributed by atoms with Crippen molar-refractivity contribution < 1.29 is 19.1 Å². The summed E-state index contributed by atoms with van der Waals surface area (Å²) in [5.74, 6) is -2.41. The fourth-order valence-electron chi connectivity index (χ4n) is 9.36. The van der Waals surface area contributed by atoms with E-state index in [0.717, 1.165) is 18.4 Å². The number of nitrogens with zero attached hydrogens (tertiary/aromatic N) is 1. The van der Waals surface area contributed by atoms with Crippen LogP contribution in [-0.2, 0) is 15.0 Å². The molecule has 4 aromatic rings. The topological polar surface area (TPSA) is 81.7 Å². The summed E-state index contributed by atoms with van der Waals surface area (Å²) >= 11 is 13.1. The lowest BCUT2D eigenvalue weighted by Gasteiger charge is -2.45. The van der Waals surface area contributed by atoms with Crippen LogP contribution in [0, 0.1) is 16.6 Å². The molecule has 1 aliphatic carbocycles. The first-order chi connectivity index (χ1) is 24.6. The number of benzene rings is 4. The fourth-order valence-corrected chi connectivity index (χ4v) is 9.72. The molecule has 1 spiro atoms. The molecule has 2 heterocycles. The monoisotopic (exact) mass is 741 g/mol. The van der Waals surface area contributed by atoms with Gasteiger partial charge in [0.1, 0.15) is 11.2 Å². The van der Waals surface area contributed by atoms with Crippen LogP contribution in [0.25, 0.3) is 0 Å². The second kappa shape index (κ2) is 13.6. The highest BCUT2D eigenvalue weighted by molar-refractivity contribution is 6.31. The molecule has 1 saturated heterocycles. The summed E-state index contributed by atoms with van der Waals surface area (Å²) in [5.41, 5.74) is 0.923. The lowest BCUT2D eigenvalue weighted by Crippen LogP contribution is -2.56. The van der Waals surface area contributed by atoms with E-state index < -0.39 is 41.4 Å². The van der Waals surface area contributed by atoms with Gasteiger partial charge in [0.25, 0.3) is 0 Å². The summed E-state index contributed by atoms with van der Waals surface area (Å²) in [4.78, 5) is 32.6. The molecule has 0 aromatic heterocycles. The van der Waals surface area contributed by atoms with Crippen LogP contribution in [0.2, 0.25) is 10.0 Å². The normalized spacial score (nSPS) is 25.3. The number of aliphatic hydroxyl groups excluding tert-OH is 1. The van der Waals surface area contributed by atoms with Crippen molar-refractivity contribution in [2.24, 2.45) is 10.8 Å². The van der Waals surface area contributed by atoms with Crippen molar-refractivity contribution in [2.75, 3.05) is 5.32 Å². The zero-order chi connectivity index (χ0) is 37.2. The average molecular weight is 743 g/mol. The van der Waals surface area contributed by atoms with Crippen molar-refractivity contribution in [3.63, 3.8) is 0 Å². The van der Waals surface area contributed by atoms with E-state index in [2.05, 4.69) is 45.3 Å². The van der Waals surface area contributed by atoms with Gasteiger partial charge in [-0.15, -0.1) is 0 Å². The van der Waals surface area contributed by atoms with Gasteiger partial charge in [-0.1, -0.05) is 137 Å². The molecule has 0 radical (unpaired) electrons. The van der Waals surface area contributed by atoms with E-state index in [1.165, 1.54) is 6.07 Å². The first-order valence-corrected chi connectivity index (χ1v) is 18.8. The Morgan fingerprint density at radius 1 is 0.962 bits per heavy atom. The Morgan fingerprint density at radius 3 is 2.21 bits per heavy atom.